The van der Waals surface area contributed by atoms with E-state index in [-0.39, 0.29) is 24.0 Å². The van der Waals surface area contributed by atoms with E-state index in [0.717, 1.165) is 43.7 Å². The normalized spacial score (nSPS) is 20.9. The fraction of sp³-hybridized carbons (Fsp3) is 0.588. The number of halogens is 1. The zero-order chi connectivity index (χ0) is 15.4. The van der Waals surface area contributed by atoms with Gasteiger partial charge in [0.25, 0.3) is 0 Å². The first-order valence-electron chi connectivity index (χ1n) is 8.15. The molecule has 0 spiro atoms. The van der Waals surface area contributed by atoms with E-state index >= 15 is 0 Å². The highest BCUT2D eigenvalue weighted by molar-refractivity contribution is 14.0. The van der Waals surface area contributed by atoms with Gasteiger partial charge >= 0.3 is 0 Å². The van der Waals surface area contributed by atoms with E-state index in [0.29, 0.717) is 6.04 Å². The Labute approximate surface area is 155 Å². The molecule has 2 fully saturated rings. The lowest BCUT2D eigenvalue weighted by Gasteiger charge is -2.22. The van der Waals surface area contributed by atoms with Gasteiger partial charge in [0, 0.05) is 32.7 Å². The number of ether oxygens (including phenoxy) is 1. The highest BCUT2D eigenvalue weighted by atomic mass is 127. The van der Waals surface area contributed by atoms with Crippen molar-refractivity contribution in [3.63, 3.8) is 0 Å². The van der Waals surface area contributed by atoms with Crippen molar-refractivity contribution in [3.8, 4) is 5.75 Å². The second kappa shape index (κ2) is 8.61. The number of hydrogen-bond donors (Lipinski definition) is 2. The average Bonchev–Trinajstić information content (AvgIpc) is 3.28. The van der Waals surface area contributed by atoms with Crippen molar-refractivity contribution in [3.05, 3.63) is 24.3 Å². The van der Waals surface area contributed by atoms with Gasteiger partial charge in [0.2, 0.25) is 0 Å². The molecule has 0 amide bonds. The van der Waals surface area contributed by atoms with E-state index in [1.54, 1.807) is 7.11 Å². The Morgan fingerprint density at radius 3 is 2.78 bits per heavy atom. The third-order valence-corrected chi connectivity index (χ3v) is 4.43. The summed E-state index contributed by atoms with van der Waals surface area (Å²) >= 11 is 0. The van der Waals surface area contributed by atoms with Gasteiger partial charge in [0.15, 0.2) is 5.96 Å². The van der Waals surface area contributed by atoms with Crippen molar-refractivity contribution in [2.75, 3.05) is 38.7 Å². The summed E-state index contributed by atoms with van der Waals surface area (Å²) in [5.74, 6) is 2.73. The zero-order valence-electron chi connectivity index (χ0n) is 13.9. The van der Waals surface area contributed by atoms with Crippen LogP contribution in [-0.4, -0.2) is 45.8 Å². The maximum absolute atomic E-state index is 5.47. The molecular formula is C17H27IN4O. The maximum Gasteiger partial charge on any atom is 0.191 e. The molecule has 0 radical (unpaired) electrons. The molecule has 1 saturated heterocycles. The summed E-state index contributed by atoms with van der Waals surface area (Å²) < 4.78 is 5.47. The number of methoxy groups -OCH3 is 1. The van der Waals surface area contributed by atoms with Gasteiger partial charge in [-0.25, -0.2) is 0 Å². The van der Waals surface area contributed by atoms with Crippen LogP contribution in [-0.2, 0) is 0 Å². The number of nitrogens with zero attached hydrogens (tertiary/aromatic N) is 2. The predicted octanol–water partition coefficient (Wildman–Crippen LogP) is 2.47. The lowest BCUT2D eigenvalue weighted by Crippen LogP contribution is -2.45. The first-order chi connectivity index (χ1) is 10.8. The second-order valence-electron chi connectivity index (χ2n) is 6.14. The number of benzene rings is 1. The van der Waals surface area contributed by atoms with E-state index in [1.807, 2.05) is 19.2 Å². The fourth-order valence-electron chi connectivity index (χ4n) is 2.94. The number of anilines is 1. The Kier molecular flexibility index (Phi) is 6.80. The number of aliphatic imine (C=N–C) groups is 1. The molecule has 1 unspecified atom stereocenters. The molecule has 23 heavy (non-hydrogen) atoms. The molecule has 1 saturated carbocycles. The maximum atomic E-state index is 5.47. The fourth-order valence-corrected chi connectivity index (χ4v) is 2.94. The van der Waals surface area contributed by atoms with E-state index in [9.17, 15) is 0 Å². The van der Waals surface area contributed by atoms with Crippen molar-refractivity contribution in [2.45, 2.75) is 25.3 Å². The lowest BCUT2D eigenvalue weighted by atomic mass is 10.2. The summed E-state index contributed by atoms with van der Waals surface area (Å²) in [4.78, 5) is 6.71. The minimum atomic E-state index is 0. The number of nitrogens with one attached hydrogen (secondary N) is 2. The third-order valence-electron chi connectivity index (χ3n) is 4.43. The average molecular weight is 430 g/mol. The van der Waals surface area contributed by atoms with Crippen molar-refractivity contribution in [1.82, 2.24) is 10.6 Å². The summed E-state index contributed by atoms with van der Waals surface area (Å²) in [6.45, 7) is 3.06. The number of guanidine groups is 1. The van der Waals surface area contributed by atoms with E-state index in [2.05, 4.69) is 32.7 Å². The van der Waals surface area contributed by atoms with Crippen LogP contribution < -0.4 is 20.3 Å². The predicted molar refractivity (Wildman–Crippen MR) is 106 cm³/mol. The third kappa shape index (κ3) is 4.89. The van der Waals surface area contributed by atoms with Gasteiger partial charge in [-0.3, -0.25) is 4.99 Å². The van der Waals surface area contributed by atoms with Gasteiger partial charge in [-0.2, -0.15) is 0 Å². The van der Waals surface area contributed by atoms with Gasteiger partial charge in [-0.05, 0) is 37.3 Å². The molecular weight excluding hydrogens is 403 g/mol. The van der Waals surface area contributed by atoms with Gasteiger partial charge in [-0.15, -0.1) is 24.0 Å². The largest absolute Gasteiger partial charge is 0.495 e. The molecule has 1 aromatic carbocycles. The van der Waals surface area contributed by atoms with Crippen molar-refractivity contribution >= 4 is 35.6 Å². The van der Waals surface area contributed by atoms with Crippen LogP contribution >= 0.6 is 24.0 Å². The molecule has 3 rings (SSSR count). The van der Waals surface area contributed by atoms with Crippen LogP contribution in [0.3, 0.4) is 0 Å². The second-order valence-corrected chi connectivity index (χ2v) is 6.14. The molecule has 2 aliphatic rings. The van der Waals surface area contributed by atoms with Crippen molar-refractivity contribution in [1.29, 1.82) is 0 Å². The minimum Gasteiger partial charge on any atom is -0.495 e. The first-order valence-corrected chi connectivity index (χ1v) is 8.15. The highest BCUT2D eigenvalue weighted by Crippen LogP contribution is 2.30. The highest BCUT2D eigenvalue weighted by Gasteiger charge is 2.26. The van der Waals surface area contributed by atoms with Crippen LogP contribution in [0.25, 0.3) is 0 Å². The molecule has 0 aromatic heterocycles. The van der Waals surface area contributed by atoms with Crippen LogP contribution in [0.1, 0.15) is 19.3 Å². The number of hydrogen-bond acceptors (Lipinski definition) is 3. The van der Waals surface area contributed by atoms with E-state index in [4.69, 9.17) is 4.74 Å². The lowest BCUT2D eigenvalue weighted by molar-refractivity contribution is 0.415. The van der Waals surface area contributed by atoms with E-state index < -0.39 is 0 Å². The molecule has 0 bridgehead atoms. The van der Waals surface area contributed by atoms with Crippen molar-refractivity contribution in [2.24, 2.45) is 10.9 Å². The van der Waals surface area contributed by atoms with Crippen LogP contribution in [0.4, 0.5) is 5.69 Å². The number of rotatable bonds is 5. The topological polar surface area (TPSA) is 48.9 Å². The van der Waals surface area contributed by atoms with Gasteiger partial charge in [0.05, 0.1) is 12.8 Å². The first kappa shape index (κ1) is 18.2. The number of para-hydroxylation sites is 2. The molecule has 1 aromatic rings. The molecule has 6 heteroatoms. The van der Waals surface area contributed by atoms with Gasteiger partial charge in [-0.1, -0.05) is 12.1 Å². The van der Waals surface area contributed by atoms with Crippen LogP contribution in [0.15, 0.2) is 29.3 Å². The Balaban J connectivity index is 0.00000192. The van der Waals surface area contributed by atoms with Crippen molar-refractivity contribution < 1.29 is 4.74 Å². The molecule has 1 atom stereocenters. The minimum absolute atomic E-state index is 0. The Bertz CT molecular complexity index is 533. The molecule has 1 heterocycles. The monoisotopic (exact) mass is 430 g/mol. The molecule has 128 valence electrons. The van der Waals surface area contributed by atoms with Gasteiger partial charge in [0.1, 0.15) is 5.75 Å². The Morgan fingerprint density at radius 1 is 1.30 bits per heavy atom. The summed E-state index contributed by atoms with van der Waals surface area (Å²) in [5.41, 5.74) is 1.18. The quantitative estimate of drug-likeness (QED) is 0.428. The SMILES string of the molecule is CN=C(NCC1CC1)NC1CCN(c2ccccc2OC)C1.I. The standard InChI is InChI=1S/C17H26N4O.HI/c1-18-17(19-11-13-7-8-13)20-14-9-10-21(12-14)15-5-3-4-6-16(15)22-2;/h3-6,13-14H,7-12H2,1-2H3,(H2,18,19,20);1H. The summed E-state index contributed by atoms with van der Waals surface area (Å²) in [5, 5.41) is 6.97. The molecule has 1 aliphatic carbocycles. The van der Waals surface area contributed by atoms with Crippen LogP contribution in [0.2, 0.25) is 0 Å². The summed E-state index contributed by atoms with van der Waals surface area (Å²) in [6.07, 6.45) is 3.83. The van der Waals surface area contributed by atoms with Crippen LogP contribution in [0.5, 0.6) is 5.75 Å². The zero-order valence-corrected chi connectivity index (χ0v) is 16.2. The Hall–Kier alpha value is -1.18. The molecule has 1 aliphatic heterocycles. The smallest absolute Gasteiger partial charge is 0.191 e. The molecule has 5 nitrogen and oxygen atoms in total. The summed E-state index contributed by atoms with van der Waals surface area (Å²) in [7, 11) is 3.57. The van der Waals surface area contributed by atoms with Gasteiger partial charge < -0.3 is 20.3 Å². The van der Waals surface area contributed by atoms with Crippen LogP contribution in [0, 0.1) is 5.92 Å². The van der Waals surface area contributed by atoms with E-state index in [1.165, 1.54) is 18.5 Å². The summed E-state index contributed by atoms with van der Waals surface area (Å²) in [6, 6.07) is 8.65. The molecule has 2 N–H and O–H groups in total. The Morgan fingerprint density at radius 2 is 2.09 bits per heavy atom.